The van der Waals surface area contributed by atoms with Gasteiger partial charge in [-0.3, -0.25) is 14.9 Å². The van der Waals surface area contributed by atoms with Crippen LogP contribution in [0.5, 0.6) is 0 Å². The minimum absolute atomic E-state index is 0.349. The average molecular weight is 276 g/mol. The van der Waals surface area contributed by atoms with Gasteiger partial charge in [-0.1, -0.05) is 18.2 Å². The normalized spacial score (nSPS) is 24.7. The largest absolute Gasteiger partial charge is 0.480 e. The van der Waals surface area contributed by atoms with Crippen molar-refractivity contribution in [3.8, 4) is 0 Å². The third kappa shape index (κ3) is 2.41. The lowest BCUT2D eigenvalue weighted by atomic mass is 10.1. The van der Waals surface area contributed by atoms with Gasteiger partial charge in [0.25, 0.3) is 10.0 Å². The summed E-state index contributed by atoms with van der Waals surface area (Å²) in [6.45, 7) is 1.09. The number of hydrogen-bond acceptors (Lipinski definition) is 5. The summed E-state index contributed by atoms with van der Waals surface area (Å²) in [7, 11) is -4.46. The lowest BCUT2D eigenvalue weighted by molar-refractivity contribution is -0.526. The van der Waals surface area contributed by atoms with Crippen LogP contribution in [-0.2, 0) is 14.8 Å². The minimum atomic E-state index is -4.46. The summed E-state index contributed by atoms with van der Waals surface area (Å²) in [5.74, 6) is -1.41. The number of allylic oxidation sites excluding steroid dienone is 2. The molecule has 9 heteroatoms. The Balaban J connectivity index is 3.15. The highest BCUT2D eigenvalue weighted by molar-refractivity contribution is 7.90. The SMILES string of the molecule is CC(NS(=O)(=O)C1([N+](=O)[O-])C=CC=CC1)C(=O)O. The molecule has 0 spiro atoms. The van der Waals surface area contributed by atoms with Crippen LogP contribution in [0.1, 0.15) is 13.3 Å². The zero-order chi connectivity index (χ0) is 14.0. The van der Waals surface area contributed by atoms with Crippen LogP contribution in [0.3, 0.4) is 0 Å². The van der Waals surface area contributed by atoms with Crippen molar-refractivity contribution in [1.82, 2.24) is 4.72 Å². The molecule has 0 saturated carbocycles. The van der Waals surface area contributed by atoms with E-state index in [0.717, 1.165) is 13.0 Å². The molecule has 0 amide bonds. The van der Waals surface area contributed by atoms with Gasteiger partial charge in [-0.05, 0) is 6.92 Å². The monoisotopic (exact) mass is 276 g/mol. The molecule has 1 aliphatic rings. The number of hydrogen-bond donors (Lipinski definition) is 2. The first-order valence-corrected chi connectivity index (χ1v) is 6.45. The van der Waals surface area contributed by atoms with Crippen molar-refractivity contribution < 1.29 is 23.2 Å². The summed E-state index contributed by atoms with van der Waals surface area (Å²) in [5.41, 5.74) is 0. The summed E-state index contributed by atoms with van der Waals surface area (Å²) in [6.07, 6.45) is 4.66. The summed E-state index contributed by atoms with van der Waals surface area (Å²) >= 11 is 0. The van der Waals surface area contributed by atoms with Crippen molar-refractivity contribution in [3.63, 3.8) is 0 Å². The molecule has 0 radical (unpaired) electrons. The Morgan fingerprint density at radius 3 is 2.56 bits per heavy atom. The van der Waals surface area contributed by atoms with Gasteiger partial charge < -0.3 is 5.11 Å². The molecule has 100 valence electrons. The predicted molar refractivity (Wildman–Crippen MR) is 61.8 cm³/mol. The number of carbonyl (C=O) groups is 1. The second-order valence-corrected chi connectivity index (χ2v) is 5.72. The molecule has 2 unspecified atom stereocenters. The molecule has 0 aromatic carbocycles. The van der Waals surface area contributed by atoms with E-state index in [9.17, 15) is 23.3 Å². The van der Waals surface area contributed by atoms with E-state index in [1.807, 2.05) is 0 Å². The quantitative estimate of drug-likeness (QED) is 0.532. The molecular formula is C9H12N2O6S. The van der Waals surface area contributed by atoms with E-state index in [0.29, 0.717) is 0 Å². The fourth-order valence-electron chi connectivity index (χ4n) is 1.41. The number of rotatable bonds is 5. The Kier molecular flexibility index (Phi) is 3.87. The number of nitrogens with one attached hydrogen (secondary N) is 1. The van der Waals surface area contributed by atoms with Gasteiger partial charge in [-0.15, -0.1) is 0 Å². The Labute approximate surface area is 103 Å². The third-order valence-corrected chi connectivity index (χ3v) is 4.54. The highest BCUT2D eigenvalue weighted by Crippen LogP contribution is 2.27. The van der Waals surface area contributed by atoms with Gasteiger partial charge in [-0.2, -0.15) is 4.72 Å². The molecule has 8 nitrogen and oxygen atoms in total. The van der Waals surface area contributed by atoms with Crippen LogP contribution in [0, 0.1) is 10.1 Å². The third-order valence-electron chi connectivity index (χ3n) is 2.49. The standard InChI is InChI=1S/C9H12N2O6S/c1-7(8(12)13)10-18(16,17)9(11(14)15)5-3-2-4-6-9/h2-5,7,10H,6H2,1H3,(H,12,13). The maximum absolute atomic E-state index is 12.0. The van der Waals surface area contributed by atoms with E-state index in [1.165, 1.54) is 18.2 Å². The second-order valence-electron chi connectivity index (χ2n) is 3.77. The molecule has 0 bridgehead atoms. The van der Waals surface area contributed by atoms with Crippen molar-refractivity contribution in [1.29, 1.82) is 0 Å². The first-order valence-electron chi connectivity index (χ1n) is 4.96. The van der Waals surface area contributed by atoms with Gasteiger partial charge >= 0.3 is 10.8 Å². The first-order chi connectivity index (χ1) is 8.23. The molecule has 1 aliphatic carbocycles. The summed E-state index contributed by atoms with van der Waals surface area (Å²) in [4.78, 5) is 18.3. The molecule has 0 fully saturated rings. The molecule has 0 heterocycles. The van der Waals surface area contributed by atoms with Crippen LogP contribution >= 0.6 is 0 Å². The van der Waals surface area contributed by atoms with E-state index in [-0.39, 0.29) is 6.42 Å². The van der Waals surface area contributed by atoms with Crippen LogP contribution in [0.2, 0.25) is 0 Å². The summed E-state index contributed by atoms with van der Waals surface area (Å²) in [5, 5.41) is 19.7. The first kappa shape index (κ1) is 14.3. The van der Waals surface area contributed by atoms with E-state index >= 15 is 0 Å². The Morgan fingerprint density at radius 1 is 1.56 bits per heavy atom. The van der Waals surface area contributed by atoms with Gasteiger partial charge in [0, 0.05) is 11.0 Å². The Hall–Kier alpha value is -1.74. The van der Waals surface area contributed by atoms with Crippen LogP contribution in [0.15, 0.2) is 24.3 Å². The molecule has 0 aromatic rings. The van der Waals surface area contributed by atoms with Gasteiger partial charge in [0.1, 0.15) is 6.04 Å². The molecule has 18 heavy (non-hydrogen) atoms. The molecule has 0 aromatic heterocycles. The molecule has 0 saturated heterocycles. The average Bonchev–Trinajstić information content (AvgIpc) is 2.28. The number of carboxylic acid groups (broad SMARTS) is 1. The summed E-state index contributed by atoms with van der Waals surface area (Å²) in [6, 6.07) is -1.44. The second kappa shape index (κ2) is 4.86. The van der Waals surface area contributed by atoms with Gasteiger partial charge in [0.2, 0.25) is 0 Å². The smallest absolute Gasteiger partial charge is 0.354 e. The minimum Gasteiger partial charge on any atom is -0.480 e. The van der Waals surface area contributed by atoms with Crippen LogP contribution < -0.4 is 4.72 Å². The molecule has 2 atom stereocenters. The van der Waals surface area contributed by atoms with E-state index < -0.39 is 31.8 Å². The number of nitrogens with zero attached hydrogens (tertiary/aromatic N) is 1. The van der Waals surface area contributed by atoms with Crippen molar-refractivity contribution in [2.45, 2.75) is 24.3 Å². The Morgan fingerprint density at radius 2 is 2.17 bits per heavy atom. The van der Waals surface area contributed by atoms with Crippen LogP contribution in [-0.4, -0.2) is 35.3 Å². The zero-order valence-corrected chi connectivity index (χ0v) is 10.3. The number of aliphatic carboxylic acids is 1. The van der Waals surface area contributed by atoms with Crippen LogP contribution in [0.4, 0.5) is 0 Å². The zero-order valence-electron chi connectivity index (χ0n) is 9.44. The predicted octanol–water partition coefficient (Wildman–Crippen LogP) is -0.132. The maximum Gasteiger partial charge on any atom is 0.354 e. The Bertz CT molecular complexity index is 523. The number of nitro groups is 1. The van der Waals surface area contributed by atoms with Crippen molar-refractivity contribution >= 4 is 16.0 Å². The van der Waals surface area contributed by atoms with Gasteiger partial charge in [-0.25, -0.2) is 8.42 Å². The molecule has 0 aliphatic heterocycles. The topological polar surface area (TPSA) is 127 Å². The lowest BCUT2D eigenvalue weighted by Gasteiger charge is -2.23. The molecular weight excluding hydrogens is 264 g/mol. The van der Waals surface area contributed by atoms with E-state index in [2.05, 4.69) is 0 Å². The fraction of sp³-hybridized carbons (Fsp3) is 0.444. The number of carboxylic acids is 1. The fourth-order valence-corrected chi connectivity index (χ4v) is 2.95. The van der Waals surface area contributed by atoms with Gasteiger partial charge in [0.15, 0.2) is 0 Å². The van der Waals surface area contributed by atoms with Crippen molar-refractivity contribution in [3.05, 3.63) is 34.4 Å². The highest BCUT2D eigenvalue weighted by Gasteiger charge is 2.54. The van der Waals surface area contributed by atoms with E-state index in [4.69, 9.17) is 5.11 Å². The molecule has 1 rings (SSSR count). The van der Waals surface area contributed by atoms with Gasteiger partial charge in [0.05, 0.1) is 6.42 Å². The highest BCUT2D eigenvalue weighted by atomic mass is 32.2. The maximum atomic E-state index is 12.0. The van der Waals surface area contributed by atoms with Crippen molar-refractivity contribution in [2.24, 2.45) is 0 Å². The lowest BCUT2D eigenvalue weighted by Crippen LogP contribution is -2.54. The van der Waals surface area contributed by atoms with Crippen LogP contribution in [0.25, 0.3) is 0 Å². The summed E-state index contributed by atoms with van der Waals surface area (Å²) < 4.78 is 25.7. The number of sulfonamides is 1. The van der Waals surface area contributed by atoms with E-state index in [1.54, 1.807) is 4.72 Å². The molecule has 2 N–H and O–H groups in total. The van der Waals surface area contributed by atoms with Crippen molar-refractivity contribution in [2.75, 3.05) is 0 Å².